The topological polar surface area (TPSA) is 67.6 Å². The molecule has 1 saturated heterocycles. The van der Waals surface area contributed by atoms with Crippen LogP contribution in [0.3, 0.4) is 0 Å². The van der Waals surface area contributed by atoms with E-state index in [4.69, 9.17) is 0 Å². The lowest BCUT2D eigenvalue weighted by atomic mass is 9.96. The normalized spacial score (nSPS) is 19.1. The van der Waals surface area contributed by atoms with Crippen molar-refractivity contribution in [1.82, 2.24) is 18.9 Å². The van der Waals surface area contributed by atoms with Crippen LogP contribution in [0.5, 0.6) is 0 Å². The fourth-order valence-corrected chi connectivity index (χ4v) is 5.43. The number of rotatable bonds is 4. The maximum absolute atomic E-state index is 13.7. The Bertz CT molecular complexity index is 1120. The Morgan fingerprint density at radius 1 is 1.31 bits per heavy atom. The lowest BCUT2D eigenvalue weighted by Gasteiger charge is -2.30. The van der Waals surface area contributed by atoms with Crippen LogP contribution in [-0.4, -0.2) is 46.2 Å². The first kappa shape index (κ1) is 20.3. The smallest absolute Gasteiger partial charge is 0.228 e. The molecule has 1 aliphatic heterocycles. The largest absolute Gasteiger partial charge is 0.433 e. The summed E-state index contributed by atoms with van der Waals surface area (Å²) in [5.41, 5.74) is -0.118. The first-order valence-corrected chi connectivity index (χ1v) is 11.7. The van der Waals surface area contributed by atoms with Gasteiger partial charge in [-0.2, -0.15) is 18.3 Å². The molecule has 0 amide bonds. The van der Waals surface area contributed by atoms with Crippen LogP contribution in [0.4, 0.5) is 13.2 Å². The maximum atomic E-state index is 13.7. The number of piperidine rings is 1. The third-order valence-electron chi connectivity index (χ3n) is 5.07. The van der Waals surface area contributed by atoms with Gasteiger partial charge in [-0.15, -0.1) is 11.3 Å². The van der Waals surface area contributed by atoms with Gasteiger partial charge in [0.2, 0.25) is 10.0 Å². The van der Waals surface area contributed by atoms with E-state index in [1.54, 1.807) is 30.5 Å². The second kappa shape index (κ2) is 7.37. The second-order valence-corrected chi connectivity index (χ2v) is 10.1. The lowest BCUT2D eigenvalue weighted by molar-refractivity contribution is -0.142. The summed E-state index contributed by atoms with van der Waals surface area (Å²) < 4.78 is 67.7. The van der Waals surface area contributed by atoms with E-state index < -0.39 is 21.9 Å². The van der Waals surface area contributed by atoms with E-state index in [0.717, 1.165) is 10.6 Å². The molecule has 0 N–H and O–H groups in total. The molecule has 0 saturated carbocycles. The van der Waals surface area contributed by atoms with Gasteiger partial charge in [0.15, 0.2) is 11.3 Å². The standard InChI is InChI=1S/C18H19F3N4O2S2/c1-2-29(26,27)24-7-3-5-12(11-24)13-10-17-22-14(15-6-4-8-28-15)9-16(18(19,20)21)25(17)23-13/h4,6,8-10,12H,2-3,5,7,11H2,1H3. The van der Waals surface area contributed by atoms with Crippen LogP contribution in [0.2, 0.25) is 0 Å². The zero-order valence-electron chi connectivity index (χ0n) is 15.6. The highest BCUT2D eigenvalue weighted by molar-refractivity contribution is 7.89. The molecule has 156 valence electrons. The summed E-state index contributed by atoms with van der Waals surface area (Å²) in [5, 5.41) is 5.96. The predicted octanol–water partition coefficient (Wildman–Crippen LogP) is 4.01. The van der Waals surface area contributed by atoms with Crippen molar-refractivity contribution in [3.05, 3.63) is 41.0 Å². The Morgan fingerprint density at radius 2 is 2.10 bits per heavy atom. The number of hydrogen-bond acceptors (Lipinski definition) is 5. The van der Waals surface area contributed by atoms with Gasteiger partial charge in [0.05, 0.1) is 22.0 Å². The van der Waals surface area contributed by atoms with Gasteiger partial charge < -0.3 is 0 Å². The monoisotopic (exact) mass is 444 g/mol. The average molecular weight is 445 g/mol. The van der Waals surface area contributed by atoms with Gasteiger partial charge in [0.1, 0.15) is 0 Å². The summed E-state index contributed by atoms with van der Waals surface area (Å²) in [5.74, 6) is -0.271. The van der Waals surface area contributed by atoms with Gasteiger partial charge in [0.25, 0.3) is 0 Å². The molecular weight excluding hydrogens is 425 g/mol. The zero-order valence-corrected chi connectivity index (χ0v) is 17.2. The molecular formula is C18H19F3N4O2S2. The molecule has 0 aromatic carbocycles. The van der Waals surface area contributed by atoms with Crippen LogP contribution in [0, 0.1) is 0 Å². The molecule has 1 aliphatic rings. The quantitative estimate of drug-likeness (QED) is 0.610. The highest BCUT2D eigenvalue weighted by Gasteiger charge is 2.36. The van der Waals surface area contributed by atoms with E-state index in [-0.39, 0.29) is 29.6 Å². The Morgan fingerprint density at radius 3 is 2.76 bits per heavy atom. The van der Waals surface area contributed by atoms with Gasteiger partial charge in [-0.05, 0) is 37.3 Å². The van der Waals surface area contributed by atoms with E-state index in [0.29, 0.717) is 30.0 Å². The van der Waals surface area contributed by atoms with Crippen LogP contribution < -0.4 is 0 Å². The number of aromatic nitrogens is 3. The molecule has 3 aromatic rings. The fourth-order valence-electron chi connectivity index (χ4n) is 3.56. The summed E-state index contributed by atoms with van der Waals surface area (Å²) >= 11 is 1.31. The van der Waals surface area contributed by atoms with Crippen LogP contribution in [0.25, 0.3) is 16.2 Å². The maximum Gasteiger partial charge on any atom is 0.433 e. The Labute approximate surface area is 170 Å². The average Bonchev–Trinajstić information content (AvgIpc) is 3.36. The van der Waals surface area contributed by atoms with Crippen molar-refractivity contribution >= 4 is 27.0 Å². The van der Waals surface area contributed by atoms with Gasteiger partial charge in [-0.1, -0.05) is 6.07 Å². The lowest BCUT2D eigenvalue weighted by Crippen LogP contribution is -2.40. The Kier molecular flexibility index (Phi) is 5.16. The number of fused-ring (bicyclic) bond motifs is 1. The van der Waals surface area contributed by atoms with Gasteiger partial charge in [-0.3, -0.25) is 0 Å². The van der Waals surface area contributed by atoms with Crippen molar-refractivity contribution in [2.75, 3.05) is 18.8 Å². The second-order valence-electron chi connectivity index (χ2n) is 6.94. The fraction of sp³-hybridized carbons (Fsp3) is 0.444. The van der Waals surface area contributed by atoms with Gasteiger partial charge >= 0.3 is 6.18 Å². The van der Waals surface area contributed by atoms with Crippen molar-refractivity contribution in [2.45, 2.75) is 31.9 Å². The van der Waals surface area contributed by atoms with E-state index in [9.17, 15) is 21.6 Å². The SMILES string of the molecule is CCS(=O)(=O)N1CCCC(c2cc3nc(-c4cccs4)cc(C(F)(F)F)n3n2)C1. The summed E-state index contributed by atoms with van der Waals surface area (Å²) in [6, 6.07) is 6.02. The van der Waals surface area contributed by atoms with E-state index in [1.807, 2.05) is 0 Å². The van der Waals surface area contributed by atoms with Crippen molar-refractivity contribution in [3.63, 3.8) is 0 Å². The third kappa shape index (κ3) is 3.90. The minimum Gasteiger partial charge on any atom is -0.228 e. The molecule has 1 unspecified atom stereocenters. The van der Waals surface area contributed by atoms with E-state index >= 15 is 0 Å². The minimum atomic E-state index is -4.60. The predicted molar refractivity (Wildman–Crippen MR) is 104 cm³/mol. The van der Waals surface area contributed by atoms with Crippen molar-refractivity contribution in [2.24, 2.45) is 0 Å². The van der Waals surface area contributed by atoms with Crippen molar-refractivity contribution < 1.29 is 21.6 Å². The molecule has 6 nitrogen and oxygen atoms in total. The zero-order chi connectivity index (χ0) is 20.8. The summed E-state index contributed by atoms with van der Waals surface area (Å²) in [6.07, 6.45) is -3.29. The van der Waals surface area contributed by atoms with E-state index in [1.165, 1.54) is 15.6 Å². The molecule has 11 heteroatoms. The molecule has 0 aliphatic carbocycles. The molecule has 1 fully saturated rings. The molecule has 0 bridgehead atoms. The van der Waals surface area contributed by atoms with Gasteiger partial charge in [-0.25, -0.2) is 22.2 Å². The number of alkyl halides is 3. The van der Waals surface area contributed by atoms with Crippen LogP contribution in [0.15, 0.2) is 29.6 Å². The molecule has 4 heterocycles. The highest BCUT2D eigenvalue weighted by Crippen LogP contribution is 2.35. The summed E-state index contributed by atoms with van der Waals surface area (Å²) in [4.78, 5) is 5.01. The molecule has 4 rings (SSSR count). The molecule has 0 spiro atoms. The van der Waals surface area contributed by atoms with Crippen LogP contribution >= 0.6 is 11.3 Å². The van der Waals surface area contributed by atoms with Crippen molar-refractivity contribution in [3.8, 4) is 10.6 Å². The number of nitrogens with zero attached hydrogens (tertiary/aromatic N) is 4. The minimum absolute atomic E-state index is 0.00512. The number of sulfonamides is 1. The number of thiophene rings is 1. The first-order chi connectivity index (χ1) is 13.7. The summed E-state index contributed by atoms with van der Waals surface area (Å²) in [7, 11) is -3.36. The molecule has 0 radical (unpaired) electrons. The van der Waals surface area contributed by atoms with Gasteiger partial charge in [0, 0.05) is 25.1 Å². The molecule has 29 heavy (non-hydrogen) atoms. The Hall–Kier alpha value is -1.98. The van der Waals surface area contributed by atoms with Crippen LogP contribution in [-0.2, 0) is 16.2 Å². The summed E-state index contributed by atoms with van der Waals surface area (Å²) in [6.45, 7) is 2.23. The molecule has 3 aromatic heterocycles. The number of halogens is 3. The third-order valence-corrected chi connectivity index (χ3v) is 7.81. The molecule has 1 atom stereocenters. The highest BCUT2D eigenvalue weighted by atomic mass is 32.2. The van der Waals surface area contributed by atoms with Crippen LogP contribution in [0.1, 0.15) is 37.1 Å². The van der Waals surface area contributed by atoms with Crippen molar-refractivity contribution in [1.29, 1.82) is 0 Å². The first-order valence-electron chi connectivity index (χ1n) is 9.18. The van der Waals surface area contributed by atoms with E-state index in [2.05, 4.69) is 10.1 Å². The number of hydrogen-bond donors (Lipinski definition) is 0. The Balaban J connectivity index is 1.77.